The molecular weight excluding hydrogens is 311 g/mol. The molecule has 0 radical (unpaired) electrons. The molecule has 126 valence electrons. The van der Waals surface area contributed by atoms with Gasteiger partial charge in [0.1, 0.15) is 0 Å². The van der Waals surface area contributed by atoms with Gasteiger partial charge in [0.25, 0.3) is 0 Å². The number of carboxylic acid groups (broad SMARTS) is 1. The number of halogens is 3. The number of alkyl halides is 3. The summed E-state index contributed by atoms with van der Waals surface area (Å²) in [6, 6.07) is 5.16. The molecule has 1 amide bonds. The fourth-order valence-electron chi connectivity index (χ4n) is 2.78. The van der Waals surface area contributed by atoms with Crippen LogP contribution in [0.15, 0.2) is 24.3 Å². The standard InChI is InChI=1S/C16H18F3NO3/c17-16(18,19)13-3-1-11(2-4-13)12-7-9-20(10-8-12)14(21)5-6-15(22)23/h1-4,12H,5-10H2,(H,22,23). The third-order valence-corrected chi connectivity index (χ3v) is 4.11. The first-order valence-corrected chi connectivity index (χ1v) is 7.44. The molecule has 0 unspecified atom stereocenters. The Morgan fingerprint density at radius 2 is 1.65 bits per heavy atom. The predicted molar refractivity (Wildman–Crippen MR) is 76.9 cm³/mol. The Balaban J connectivity index is 1.89. The second kappa shape index (κ2) is 7.02. The van der Waals surface area contributed by atoms with Crippen LogP contribution in [-0.2, 0) is 15.8 Å². The van der Waals surface area contributed by atoms with E-state index in [-0.39, 0.29) is 24.7 Å². The second-order valence-corrected chi connectivity index (χ2v) is 5.67. The molecule has 0 spiro atoms. The van der Waals surface area contributed by atoms with Crippen LogP contribution >= 0.6 is 0 Å². The van der Waals surface area contributed by atoms with E-state index in [1.165, 1.54) is 12.1 Å². The molecule has 0 saturated carbocycles. The minimum absolute atomic E-state index is 0.0136. The summed E-state index contributed by atoms with van der Waals surface area (Å²) in [4.78, 5) is 23.9. The van der Waals surface area contributed by atoms with Crippen molar-refractivity contribution in [3.63, 3.8) is 0 Å². The lowest BCUT2D eigenvalue weighted by atomic mass is 9.89. The maximum Gasteiger partial charge on any atom is 0.416 e. The number of amides is 1. The minimum Gasteiger partial charge on any atom is -0.481 e. The Labute approximate surface area is 131 Å². The molecule has 1 fully saturated rings. The number of carbonyl (C=O) groups is 2. The summed E-state index contributed by atoms with van der Waals surface area (Å²) in [6.07, 6.45) is -3.19. The summed E-state index contributed by atoms with van der Waals surface area (Å²) < 4.78 is 37.6. The quantitative estimate of drug-likeness (QED) is 0.922. The average molecular weight is 329 g/mol. The zero-order chi connectivity index (χ0) is 17.0. The lowest BCUT2D eigenvalue weighted by Gasteiger charge is -2.32. The number of piperidine rings is 1. The number of rotatable bonds is 4. The van der Waals surface area contributed by atoms with Gasteiger partial charge in [-0.15, -0.1) is 0 Å². The van der Waals surface area contributed by atoms with Gasteiger partial charge in [-0.25, -0.2) is 0 Å². The van der Waals surface area contributed by atoms with E-state index in [2.05, 4.69) is 0 Å². The van der Waals surface area contributed by atoms with Crippen molar-refractivity contribution in [2.75, 3.05) is 13.1 Å². The highest BCUT2D eigenvalue weighted by Crippen LogP contribution is 2.33. The Hall–Kier alpha value is -2.05. The Kier molecular flexibility index (Phi) is 5.28. The smallest absolute Gasteiger partial charge is 0.416 e. The molecule has 0 aromatic heterocycles. The summed E-state index contributed by atoms with van der Waals surface area (Å²) >= 11 is 0. The molecule has 1 N–H and O–H groups in total. The molecule has 1 aromatic rings. The van der Waals surface area contributed by atoms with Crippen molar-refractivity contribution < 1.29 is 27.9 Å². The number of benzene rings is 1. The van der Waals surface area contributed by atoms with Crippen molar-refractivity contribution in [2.24, 2.45) is 0 Å². The molecule has 23 heavy (non-hydrogen) atoms. The molecule has 1 heterocycles. The van der Waals surface area contributed by atoms with Gasteiger partial charge in [0.05, 0.1) is 12.0 Å². The molecule has 1 aliphatic rings. The monoisotopic (exact) mass is 329 g/mol. The van der Waals surface area contributed by atoms with Gasteiger partial charge in [-0.2, -0.15) is 13.2 Å². The van der Waals surface area contributed by atoms with Crippen molar-refractivity contribution in [2.45, 2.75) is 37.8 Å². The van der Waals surface area contributed by atoms with Crippen LogP contribution in [0.4, 0.5) is 13.2 Å². The van der Waals surface area contributed by atoms with Crippen LogP contribution in [-0.4, -0.2) is 35.0 Å². The largest absolute Gasteiger partial charge is 0.481 e. The van der Waals surface area contributed by atoms with E-state index in [1.54, 1.807) is 4.90 Å². The number of likely N-dealkylation sites (tertiary alicyclic amines) is 1. The van der Waals surface area contributed by atoms with Crippen LogP contribution < -0.4 is 0 Å². The number of hydrogen-bond acceptors (Lipinski definition) is 2. The first-order chi connectivity index (χ1) is 10.8. The van der Waals surface area contributed by atoms with Crippen LogP contribution in [0, 0.1) is 0 Å². The molecule has 4 nitrogen and oxygen atoms in total. The summed E-state index contributed by atoms with van der Waals surface area (Å²) in [6.45, 7) is 1.01. The zero-order valence-corrected chi connectivity index (χ0v) is 12.5. The summed E-state index contributed by atoms with van der Waals surface area (Å²) in [7, 11) is 0. The maximum atomic E-state index is 12.5. The minimum atomic E-state index is -4.33. The van der Waals surface area contributed by atoms with Crippen LogP contribution in [0.3, 0.4) is 0 Å². The van der Waals surface area contributed by atoms with E-state index < -0.39 is 17.7 Å². The molecule has 0 aliphatic carbocycles. The molecule has 7 heteroatoms. The SMILES string of the molecule is O=C(O)CCC(=O)N1CCC(c2ccc(C(F)(F)F)cc2)CC1. The van der Waals surface area contributed by atoms with Crippen molar-refractivity contribution in [3.8, 4) is 0 Å². The van der Waals surface area contributed by atoms with Crippen molar-refractivity contribution in [1.29, 1.82) is 0 Å². The molecule has 0 bridgehead atoms. The highest BCUT2D eigenvalue weighted by Gasteiger charge is 2.30. The van der Waals surface area contributed by atoms with E-state index >= 15 is 0 Å². The number of nitrogens with zero attached hydrogens (tertiary/aromatic N) is 1. The summed E-state index contributed by atoms with van der Waals surface area (Å²) in [5, 5.41) is 8.58. The molecule has 1 aromatic carbocycles. The number of hydrogen-bond donors (Lipinski definition) is 1. The van der Waals surface area contributed by atoms with Gasteiger partial charge < -0.3 is 10.0 Å². The van der Waals surface area contributed by atoms with Crippen LogP contribution in [0.2, 0.25) is 0 Å². The normalized spacial score (nSPS) is 16.4. The van der Waals surface area contributed by atoms with Gasteiger partial charge in [-0.3, -0.25) is 9.59 Å². The van der Waals surface area contributed by atoms with Gasteiger partial charge in [-0.1, -0.05) is 12.1 Å². The Morgan fingerprint density at radius 1 is 1.09 bits per heavy atom. The number of carboxylic acids is 1. The van der Waals surface area contributed by atoms with E-state index in [0.29, 0.717) is 25.9 Å². The third-order valence-electron chi connectivity index (χ3n) is 4.11. The van der Waals surface area contributed by atoms with Gasteiger partial charge in [0.15, 0.2) is 0 Å². The first kappa shape index (κ1) is 17.3. The first-order valence-electron chi connectivity index (χ1n) is 7.44. The van der Waals surface area contributed by atoms with E-state index in [0.717, 1.165) is 17.7 Å². The fraction of sp³-hybridized carbons (Fsp3) is 0.500. The number of carbonyl (C=O) groups excluding carboxylic acids is 1. The molecule has 2 rings (SSSR count). The maximum absolute atomic E-state index is 12.5. The zero-order valence-electron chi connectivity index (χ0n) is 12.5. The molecular formula is C16H18F3NO3. The van der Waals surface area contributed by atoms with Crippen LogP contribution in [0.25, 0.3) is 0 Å². The van der Waals surface area contributed by atoms with Gasteiger partial charge >= 0.3 is 12.1 Å². The van der Waals surface area contributed by atoms with Crippen LogP contribution in [0.5, 0.6) is 0 Å². The van der Waals surface area contributed by atoms with Crippen molar-refractivity contribution >= 4 is 11.9 Å². The predicted octanol–water partition coefficient (Wildman–Crippen LogP) is 3.28. The fourth-order valence-corrected chi connectivity index (χ4v) is 2.78. The topological polar surface area (TPSA) is 57.6 Å². The van der Waals surface area contributed by atoms with Crippen molar-refractivity contribution in [1.82, 2.24) is 4.90 Å². The van der Waals surface area contributed by atoms with E-state index in [9.17, 15) is 22.8 Å². The second-order valence-electron chi connectivity index (χ2n) is 5.67. The van der Waals surface area contributed by atoms with E-state index in [1.807, 2.05) is 0 Å². The lowest BCUT2D eigenvalue weighted by Crippen LogP contribution is -2.38. The van der Waals surface area contributed by atoms with Crippen LogP contribution in [0.1, 0.15) is 42.7 Å². The van der Waals surface area contributed by atoms with Gasteiger partial charge in [-0.05, 0) is 36.5 Å². The number of aliphatic carboxylic acids is 1. The van der Waals surface area contributed by atoms with Gasteiger partial charge in [0.2, 0.25) is 5.91 Å². The average Bonchev–Trinajstić information content (AvgIpc) is 2.52. The molecule has 1 saturated heterocycles. The Bertz CT molecular complexity index is 561. The lowest BCUT2D eigenvalue weighted by molar-refractivity contribution is -0.141. The van der Waals surface area contributed by atoms with Gasteiger partial charge in [0, 0.05) is 19.5 Å². The van der Waals surface area contributed by atoms with E-state index in [4.69, 9.17) is 5.11 Å². The molecule has 1 aliphatic heterocycles. The van der Waals surface area contributed by atoms with Crippen molar-refractivity contribution in [3.05, 3.63) is 35.4 Å². The molecule has 0 atom stereocenters. The highest BCUT2D eigenvalue weighted by molar-refractivity contribution is 5.80. The Morgan fingerprint density at radius 3 is 2.13 bits per heavy atom. The third kappa shape index (κ3) is 4.71. The summed E-state index contributed by atoms with van der Waals surface area (Å²) in [5.74, 6) is -1.06. The highest BCUT2D eigenvalue weighted by atomic mass is 19.4. The summed E-state index contributed by atoms with van der Waals surface area (Å²) in [5.41, 5.74) is 0.179.